The molecule has 0 saturated heterocycles. The van der Waals surface area contributed by atoms with E-state index in [1.165, 1.54) is 62.8 Å². The Hall–Kier alpha value is -2.06. The predicted octanol–water partition coefficient (Wildman–Crippen LogP) is 1.91. The van der Waals surface area contributed by atoms with E-state index in [4.69, 9.17) is 9.47 Å². The van der Waals surface area contributed by atoms with Crippen LogP contribution in [0.3, 0.4) is 0 Å². The van der Waals surface area contributed by atoms with E-state index in [2.05, 4.69) is 0 Å². The summed E-state index contributed by atoms with van der Waals surface area (Å²) in [5, 5.41) is -1.00. The van der Waals surface area contributed by atoms with Gasteiger partial charge in [-0.3, -0.25) is 0 Å². The number of ether oxygens (including phenoxy) is 2. The van der Waals surface area contributed by atoms with E-state index in [0.29, 0.717) is 11.5 Å². The molecule has 0 N–H and O–H groups in total. The van der Waals surface area contributed by atoms with Crippen molar-refractivity contribution < 1.29 is 26.3 Å². The molecule has 0 aliphatic heterocycles. The van der Waals surface area contributed by atoms with Crippen LogP contribution in [-0.4, -0.2) is 36.1 Å². The second-order valence-electron chi connectivity index (χ2n) is 4.70. The van der Waals surface area contributed by atoms with Gasteiger partial charge in [0.05, 0.1) is 24.0 Å². The van der Waals surface area contributed by atoms with Gasteiger partial charge in [-0.2, -0.15) is 0 Å². The third-order valence-electron chi connectivity index (χ3n) is 3.15. The zero-order valence-electron chi connectivity index (χ0n) is 12.6. The second kappa shape index (κ2) is 6.59. The molecule has 0 saturated carbocycles. The number of hydrogen-bond acceptors (Lipinski definition) is 6. The Balaban J connectivity index is 2.29. The number of rotatable bonds is 6. The molecule has 0 heterocycles. The maximum Gasteiger partial charge on any atom is 0.193 e. The molecule has 0 aliphatic rings. The minimum absolute atomic E-state index is 0.0737. The van der Waals surface area contributed by atoms with Crippen LogP contribution in [0.25, 0.3) is 0 Å². The Morgan fingerprint density at radius 3 is 1.22 bits per heavy atom. The summed E-state index contributed by atoms with van der Waals surface area (Å²) in [5.74, 6) is 0.976. The van der Waals surface area contributed by atoms with Crippen molar-refractivity contribution in [3.63, 3.8) is 0 Å². The molecule has 0 spiro atoms. The fourth-order valence-electron chi connectivity index (χ4n) is 1.91. The first-order chi connectivity index (χ1) is 10.8. The van der Waals surface area contributed by atoms with E-state index in [9.17, 15) is 16.8 Å². The van der Waals surface area contributed by atoms with Crippen molar-refractivity contribution in [2.24, 2.45) is 0 Å². The standard InChI is InChI=1S/C15H16O6S2/c1-20-12-3-7-14(8-4-12)22(16,17)11-23(18,19)15-9-5-13(21-2)6-10-15/h3-10H,11H2,1-2H3. The summed E-state index contributed by atoms with van der Waals surface area (Å²) < 4.78 is 59.1. The highest BCUT2D eigenvalue weighted by Crippen LogP contribution is 2.22. The average Bonchev–Trinajstić information content (AvgIpc) is 2.54. The monoisotopic (exact) mass is 356 g/mol. The highest BCUT2D eigenvalue weighted by Gasteiger charge is 2.26. The van der Waals surface area contributed by atoms with Gasteiger partial charge in [-0.25, -0.2) is 16.8 Å². The van der Waals surface area contributed by atoms with Crippen molar-refractivity contribution in [1.29, 1.82) is 0 Å². The number of benzene rings is 2. The molecule has 6 nitrogen and oxygen atoms in total. The van der Waals surface area contributed by atoms with Gasteiger partial charge in [0, 0.05) is 0 Å². The number of hydrogen-bond donors (Lipinski definition) is 0. The number of methoxy groups -OCH3 is 2. The molecule has 0 atom stereocenters. The summed E-state index contributed by atoms with van der Waals surface area (Å²) in [4.78, 5) is -0.147. The fourth-order valence-corrected chi connectivity index (χ4v) is 5.73. The molecule has 0 bridgehead atoms. The average molecular weight is 356 g/mol. The zero-order chi connectivity index (χ0) is 17.1. The van der Waals surface area contributed by atoms with Crippen LogP contribution in [0.1, 0.15) is 0 Å². The van der Waals surface area contributed by atoms with E-state index < -0.39 is 24.8 Å². The van der Waals surface area contributed by atoms with E-state index in [1.807, 2.05) is 0 Å². The van der Waals surface area contributed by atoms with E-state index in [-0.39, 0.29) is 9.79 Å². The van der Waals surface area contributed by atoms with Gasteiger partial charge in [0.15, 0.2) is 24.8 Å². The Labute approximate surface area is 135 Å². The lowest BCUT2D eigenvalue weighted by atomic mass is 10.3. The van der Waals surface area contributed by atoms with Crippen LogP contribution in [0.4, 0.5) is 0 Å². The van der Waals surface area contributed by atoms with Gasteiger partial charge in [-0.1, -0.05) is 0 Å². The highest BCUT2D eigenvalue weighted by atomic mass is 32.3. The lowest BCUT2D eigenvalue weighted by Gasteiger charge is -2.08. The molecule has 8 heteroatoms. The summed E-state index contributed by atoms with van der Waals surface area (Å²) in [6.07, 6.45) is 0. The first kappa shape index (κ1) is 17.3. The molecule has 0 aliphatic carbocycles. The van der Waals surface area contributed by atoms with Crippen LogP contribution in [0, 0.1) is 0 Å². The Morgan fingerprint density at radius 1 is 0.652 bits per heavy atom. The predicted molar refractivity (Wildman–Crippen MR) is 85.2 cm³/mol. The lowest BCUT2D eigenvalue weighted by Crippen LogP contribution is -2.17. The van der Waals surface area contributed by atoms with Crippen LogP contribution in [0.2, 0.25) is 0 Å². The van der Waals surface area contributed by atoms with E-state index in [1.54, 1.807) is 0 Å². The van der Waals surface area contributed by atoms with Crippen LogP contribution in [0.5, 0.6) is 11.5 Å². The minimum atomic E-state index is -3.98. The molecule has 0 fully saturated rings. The molecule has 23 heavy (non-hydrogen) atoms. The van der Waals surface area contributed by atoms with Crippen molar-refractivity contribution in [3.05, 3.63) is 48.5 Å². The van der Waals surface area contributed by atoms with Crippen molar-refractivity contribution in [2.45, 2.75) is 9.79 Å². The van der Waals surface area contributed by atoms with Gasteiger partial charge >= 0.3 is 0 Å². The molecule has 0 amide bonds. The maximum absolute atomic E-state index is 12.3. The molecule has 0 unspecified atom stereocenters. The first-order valence-electron chi connectivity index (χ1n) is 6.52. The molecule has 2 rings (SSSR count). The first-order valence-corrected chi connectivity index (χ1v) is 9.82. The minimum Gasteiger partial charge on any atom is -0.497 e. The van der Waals surface area contributed by atoms with Crippen LogP contribution >= 0.6 is 0 Å². The number of sulfone groups is 2. The third kappa shape index (κ3) is 4.02. The largest absolute Gasteiger partial charge is 0.497 e. The maximum atomic E-state index is 12.3. The molecule has 2 aromatic carbocycles. The van der Waals surface area contributed by atoms with Crippen LogP contribution < -0.4 is 9.47 Å². The summed E-state index contributed by atoms with van der Waals surface area (Å²) >= 11 is 0. The van der Waals surface area contributed by atoms with Crippen LogP contribution in [-0.2, 0) is 19.7 Å². The summed E-state index contributed by atoms with van der Waals surface area (Å²) in [7, 11) is -5.05. The molecule has 124 valence electrons. The molecular formula is C15H16O6S2. The van der Waals surface area contributed by atoms with Gasteiger partial charge in [0.25, 0.3) is 0 Å². The molecule has 0 aromatic heterocycles. The smallest absolute Gasteiger partial charge is 0.193 e. The summed E-state index contributed by atoms with van der Waals surface area (Å²) in [6.45, 7) is 0. The summed E-state index contributed by atoms with van der Waals surface area (Å²) in [6, 6.07) is 11.1. The van der Waals surface area contributed by atoms with E-state index >= 15 is 0 Å². The third-order valence-corrected chi connectivity index (χ3v) is 7.61. The SMILES string of the molecule is COc1ccc(S(=O)(=O)CS(=O)(=O)c2ccc(OC)cc2)cc1. The van der Waals surface area contributed by atoms with Gasteiger partial charge < -0.3 is 9.47 Å². The fraction of sp³-hybridized carbons (Fsp3) is 0.200. The zero-order valence-corrected chi connectivity index (χ0v) is 14.2. The molecule has 2 aromatic rings. The van der Waals surface area contributed by atoms with Gasteiger partial charge in [0.1, 0.15) is 11.5 Å². The normalized spacial score (nSPS) is 11.9. The quantitative estimate of drug-likeness (QED) is 0.786. The molecular weight excluding hydrogens is 340 g/mol. The van der Waals surface area contributed by atoms with Crippen molar-refractivity contribution in [3.8, 4) is 11.5 Å². The van der Waals surface area contributed by atoms with Crippen molar-refractivity contribution in [2.75, 3.05) is 19.3 Å². The van der Waals surface area contributed by atoms with Gasteiger partial charge in [-0.05, 0) is 48.5 Å². The Morgan fingerprint density at radius 2 is 0.957 bits per heavy atom. The van der Waals surface area contributed by atoms with Gasteiger partial charge in [-0.15, -0.1) is 0 Å². The van der Waals surface area contributed by atoms with Crippen LogP contribution in [0.15, 0.2) is 58.3 Å². The second-order valence-corrected chi connectivity index (χ2v) is 9.04. The van der Waals surface area contributed by atoms with Gasteiger partial charge in [0.2, 0.25) is 0 Å². The molecule has 0 radical (unpaired) electrons. The van der Waals surface area contributed by atoms with Crippen molar-refractivity contribution >= 4 is 19.7 Å². The van der Waals surface area contributed by atoms with E-state index in [0.717, 1.165) is 0 Å². The Bertz CT molecular complexity index is 791. The van der Waals surface area contributed by atoms with Crippen molar-refractivity contribution in [1.82, 2.24) is 0 Å². The topological polar surface area (TPSA) is 86.7 Å². The lowest BCUT2D eigenvalue weighted by molar-refractivity contribution is 0.414. The highest BCUT2D eigenvalue weighted by molar-refractivity contribution is 8.08. The summed E-state index contributed by atoms with van der Waals surface area (Å²) in [5.41, 5.74) is 0. The Kier molecular flexibility index (Phi) is 4.96.